The van der Waals surface area contributed by atoms with Crippen molar-refractivity contribution in [2.45, 2.75) is 18.3 Å². The van der Waals surface area contributed by atoms with Gasteiger partial charge in [-0.2, -0.15) is 0 Å². The minimum absolute atomic E-state index is 0.549. The number of rotatable bonds is 8. The largest absolute Gasteiger partial charge is 0.456 e. The molecule has 67 heavy (non-hydrogen) atoms. The lowest BCUT2D eigenvalue weighted by Gasteiger charge is -2.34. The zero-order valence-electron chi connectivity index (χ0n) is 36.9. The van der Waals surface area contributed by atoms with Gasteiger partial charge in [-0.3, -0.25) is 0 Å². The Morgan fingerprint density at radius 1 is 0.418 bits per heavy atom. The van der Waals surface area contributed by atoms with Gasteiger partial charge in [0.2, 0.25) is 0 Å². The van der Waals surface area contributed by atoms with Crippen molar-refractivity contribution in [2.75, 3.05) is 4.90 Å². The molecule has 10 aromatic carbocycles. The number of furan rings is 1. The Labute approximate surface area is 391 Å². The molecule has 2 aliphatic rings. The Bertz CT molecular complexity index is 3640. The normalized spacial score (nSPS) is 13.3. The van der Waals surface area contributed by atoms with E-state index < -0.39 is 5.41 Å². The summed E-state index contributed by atoms with van der Waals surface area (Å²) in [5.41, 5.74) is 19.5. The van der Waals surface area contributed by atoms with Gasteiger partial charge in [0.1, 0.15) is 11.3 Å². The zero-order chi connectivity index (χ0) is 44.3. The summed E-state index contributed by atoms with van der Waals surface area (Å²) >= 11 is 0. The van der Waals surface area contributed by atoms with E-state index in [0.29, 0.717) is 0 Å². The summed E-state index contributed by atoms with van der Waals surface area (Å²) in [5.74, 6) is 0.983. The third-order valence-electron chi connectivity index (χ3n) is 14.2. The Morgan fingerprint density at radius 2 is 1.03 bits per heavy atom. The van der Waals surface area contributed by atoms with Gasteiger partial charge < -0.3 is 9.32 Å². The standard InChI is InChI=1S/C65H45NO/c1-4-19-45(20-5-1)53-41-38-49(48-35-34-44-18-10-11-21-47(44)42-48)43-60(53)66(52-39-36-46(37-40-52)54-28-16-33-62-63(54)56-27-13-15-32-61(56)67-62)59-31-17-30-58-64(59)55-26-12-14-29-57(55)65(58,50-22-6-2-7-23-50)51-24-8-3-9-25-51/h1-12,14-26,28-43H,13,27H2. The number of hydrogen-bond acceptors (Lipinski definition) is 2. The van der Waals surface area contributed by atoms with E-state index in [2.05, 4.69) is 254 Å². The van der Waals surface area contributed by atoms with Crippen LogP contribution in [0.1, 0.15) is 40.0 Å². The van der Waals surface area contributed by atoms with Gasteiger partial charge in [0.15, 0.2) is 0 Å². The summed E-state index contributed by atoms with van der Waals surface area (Å²) in [6.45, 7) is 0. The summed E-state index contributed by atoms with van der Waals surface area (Å²) in [4.78, 5) is 2.53. The van der Waals surface area contributed by atoms with E-state index in [1.54, 1.807) is 0 Å². The first-order valence-electron chi connectivity index (χ1n) is 23.4. The molecule has 0 radical (unpaired) electrons. The lowest BCUT2D eigenvalue weighted by Crippen LogP contribution is -2.28. The highest BCUT2D eigenvalue weighted by atomic mass is 16.3. The van der Waals surface area contributed by atoms with E-state index in [1.807, 2.05) is 0 Å². The molecule has 13 rings (SSSR count). The van der Waals surface area contributed by atoms with Crippen molar-refractivity contribution in [3.05, 3.63) is 276 Å². The average Bonchev–Trinajstić information content (AvgIpc) is 3.94. The zero-order valence-corrected chi connectivity index (χ0v) is 36.9. The van der Waals surface area contributed by atoms with Gasteiger partial charge in [0, 0.05) is 27.8 Å². The summed E-state index contributed by atoms with van der Waals surface area (Å²) in [5, 5.41) is 3.68. The van der Waals surface area contributed by atoms with Crippen molar-refractivity contribution < 1.29 is 4.42 Å². The van der Waals surface area contributed by atoms with Crippen LogP contribution in [0.5, 0.6) is 0 Å². The summed E-state index contributed by atoms with van der Waals surface area (Å²) < 4.78 is 6.41. The van der Waals surface area contributed by atoms with E-state index >= 15 is 0 Å². The maximum Gasteiger partial charge on any atom is 0.135 e. The first kappa shape index (κ1) is 39.0. The molecule has 1 heterocycles. The molecule has 0 atom stereocenters. The van der Waals surface area contributed by atoms with Crippen LogP contribution in [0.2, 0.25) is 0 Å². The number of benzene rings is 10. The van der Waals surface area contributed by atoms with Crippen molar-refractivity contribution in [1.82, 2.24) is 0 Å². The lowest BCUT2D eigenvalue weighted by molar-refractivity contribution is 0.595. The molecule has 0 amide bonds. The Balaban J connectivity index is 1.09. The first-order valence-corrected chi connectivity index (χ1v) is 23.4. The molecule has 1 aromatic heterocycles. The number of aryl methyl sites for hydroxylation is 1. The lowest BCUT2D eigenvalue weighted by atomic mass is 9.68. The van der Waals surface area contributed by atoms with Crippen molar-refractivity contribution in [1.29, 1.82) is 0 Å². The highest BCUT2D eigenvalue weighted by molar-refractivity contribution is 6.02. The second-order valence-corrected chi connectivity index (χ2v) is 17.8. The van der Waals surface area contributed by atoms with Crippen LogP contribution in [0.15, 0.2) is 247 Å². The van der Waals surface area contributed by atoms with Crippen LogP contribution in [0.3, 0.4) is 0 Å². The van der Waals surface area contributed by atoms with Crippen LogP contribution in [0.4, 0.5) is 17.1 Å². The molecule has 0 N–H and O–H groups in total. The van der Waals surface area contributed by atoms with Crippen molar-refractivity contribution in [2.24, 2.45) is 0 Å². The van der Waals surface area contributed by atoms with Gasteiger partial charge in [0.05, 0.1) is 16.8 Å². The van der Waals surface area contributed by atoms with Crippen LogP contribution in [-0.2, 0) is 11.8 Å². The van der Waals surface area contributed by atoms with Crippen LogP contribution in [0, 0.1) is 0 Å². The molecular weight excluding hydrogens is 811 g/mol. The third-order valence-corrected chi connectivity index (χ3v) is 14.2. The fourth-order valence-electron chi connectivity index (χ4n) is 11.3. The predicted molar refractivity (Wildman–Crippen MR) is 279 cm³/mol. The van der Waals surface area contributed by atoms with E-state index in [1.165, 1.54) is 66.2 Å². The summed E-state index contributed by atoms with van der Waals surface area (Å²) in [6.07, 6.45) is 6.35. The van der Waals surface area contributed by atoms with E-state index in [-0.39, 0.29) is 0 Å². The van der Waals surface area contributed by atoms with Crippen LogP contribution in [-0.4, -0.2) is 0 Å². The number of allylic oxidation sites excluding steroid dienone is 1. The van der Waals surface area contributed by atoms with E-state index in [4.69, 9.17) is 4.42 Å². The second kappa shape index (κ2) is 15.9. The number of anilines is 3. The minimum atomic E-state index is -0.549. The average molecular weight is 856 g/mol. The second-order valence-electron chi connectivity index (χ2n) is 17.8. The molecule has 316 valence electrons. The molecule has 2 heteroatoms. The van der Waals surface area contributed by atoms with Gasteiger partial charge in [-0.15, -0.1) is 0 Å². The first-order chi connectivity index (χ1) is 33.2. The van der Waals surface area contributed by atoms with Crippen molar-refractivity contribution in [3.63, 3.8) is 0 Å². The molecule has 0 unspecified atom stereocenters. The third kappa shape index (κ3) is 6.25. The van der Waals surface area contributed by atoms with Gasteiger partial charge in [-0.25, -0.2) is 0 Å². The maximum atomic E-state index is 6.41. The fraction of sp³-hybridized carbons (Fsp3) is 0.0462. The highest BCUT2D eigenvalue weighted by Gasteiger charge is 2.47. The van der Waals surface area contributed by atoms with E-state index in [9.17, 15) is 0 Å². The topological polar surface area (TPSA) is 16.4 Å². The van der Waals surface area contributed by atoms with Crippen LogP contribution in [0.25, 0.3) is 72.3 Å². The summed E-state index contributed by atoms with van der Waals surface area (Å²) in [6, 6.07) is 87.3. The molecule has 0 saturated heterocycles. The Kier molecular flexibility index (Phi) is 9.25. The van der Waals surface area contributed by atoms with Gasteiger partial charge in [0.25, 0.3) is 0 Å². The van der Waals surface area contributed by atoms with Crippen LogP contribution >= 0.6 is 0 Å². The molecule has 11 aromatic rings. The Morgan fingerprint density at radius 3 is 1.82 bits per heavy atom. The smallest absolute Gasteiger partial charge is 0.135 e. The Hall–Kier alpha value is -8.46. The van der Waals surface area contributed by atoms with Gasteiger partial charge in [-0.1, -0.05) is 206 Å². The quantitative estimate of drug-likeness (QED) is 0.151. The molecule has 0 aliphatic heterocycles. The molecule has 0 fully saturated rings. The monoisotopic (exact) mass is 855 g/mol. The molecule has 0 saturated carbocycles. The number of fused-ring (bicyclic) bond motifs is 7. The molecule has 0 bridgehead atoms. The minimum Gasteiger partial charge on any atom is -0.456 e. The van der Waals surface area contributed by atoms with E-state index in [0.717, 1.165) is 63.5 Å². The van der Waals surface area contributed by atoms with Crippen molar-refractivity contribution in [3.8, 4) is 44.5 Å². The summed E-state index contributed by atoms with van der Waals surface area (Å²) in [7, 11) is 0. The van der Waals surface area contributed by atoms with Crippen molar-refractivity contribution >= 4 is 44.9 Å². The highest BCUT2D eigenvalue weighted by Crippen LogP contribution is 2.60. The fourth-order valence-corrected chi connectivity index (χ4v) is 11.3. The predicted octanol–water partition coefficient (Wildman–Crippen LogP) is 17.4. The van der Waals surface area contributed by atoms with Gasteiger partial charge >= 0.3 is 0 Å². The van der Waals surface area contributed by atoms with Gasteiger partial charge in [-0.05, 0) is 122 Å². The molecule has 0 spiro atoms. The molecule has 2 nitrogen and oxygen atoms in total. The maximum absolute atomic E-state index is 6.41. The number of hydrogen-bond donors (Lipinski definition) is 0. The van der Waals surface area contributed by atoms with Crippen LogP contribution < -0.4 is 4.90 Å². The SMILES string of the molecule is C1=Cc2oc3cccc(-c4ccc(N(c5cc(-c6ccc7ccccc7c6)ccc5-c5ccccc5)c5cccc6c5-c5ccccc5C6(c5ccccc5)c5ccccc5)cc4)c3c2CC1. The molecule has 2 aliphatic carbocycles. The molecular formula is C65H45NO. The number of nitrogens with zero attached hydrogens (tertiary/aromatic N) is 1.